The van der Waals surface area contributed by atoms with Crippen LogP contribution in [-0.2, 0) is 0 Å². The second-order valence-electron chi connectivity index (χ2n) is 14.4. The number of fused-ring (bicyclic) bond motifs is 7. The molecule has 0 bridgehead atoms. The van der Waals surface area contributed by atoms with E-state index in [1.807, 2.05) is 0 Å². The first-order chi connectivity index (χ1) is 27.7. The summed E-state index contributed by atoms with van der Waals surface area (Å²) < 4.78 is 0. The van der Waals surface area contributed by atoms with Gasteiger partial charge in [0.25, 0.3) is 0 Å². The van der Waals surface area contributed by atoms with Crippen LogP contribution in [0.25, 0.3) is 110 Å². The Hall–Kier alpha value is -7.49. The Bertz CT molecular complexity index is 3310. The van der Waals surface area contributed by atoms with Gasteiger partial charge in [0.1, 0.15) is 0 Å². The fourth-order valence-corrected chi connectivity index (χ4v) is 8.29. The summed E-state index contributed by atoms with van der Waals surface area (Å²) in [5.41, 5.74) is 7.57. The number of hydrogen-bond acceptors (Lipinski definition) is 3. The van der Waals surface area contributed by atoms with Crippen LogP contribution in [0, 0.1) is 0 Å². The van der Waals surface area contributed by atoms with Gasteiger partial charge in [-0.05, 0) is 100 Å². The highest BCUT2D eigenvalue weighted by Crippen LogP contribution is 2.38. The zero-order valence-electron chi connectivity index (χ0n) is 30.4. The maximum atomic E-state index is 5.31. The molecule has 0 N–H and O–H groups in total. The number of aromatic nitrogens is 3. The van der Waals surface area contributed by atoms with Crippen molar-refractivity contribution in [2.45, 2.75) is 0 Å². The highest BCUT2D eigenvalue weighted by Gasteiger charge is 2.18. The lowest BCUT2D eigenvalue weighted by Crippen LogP contribution is -2.01. The van der Waals surface area contributed by atoms with Crippen LogP contribution in [-0.4, -0.2) is 15.0 Å². The van der Waals surface area contributed by atoms with Gasteiger partial charge >= 0.3 is 0 Å². The number of nitrogens with zero attached hydrogens (tertiary/aromatic N) is 3. The third-order valence-electron chi connectivity index (χ3n) is 11.1. The lowest BCUT2D eigenvalue weighted by molar-refractivity contribution is 1.08. The third-order valence-corrected chi connectivity index (χ3v) is 11.1. The number of hydrogen-bond donors (Lipinski definition) is 0. The molecule has 0 spiro atoms. The highest BCUT2D eigenvalue weighted by molar-refractivity contribution is 6.14. The lowest BCUT2D eigenvalue weighted by atomic mass is 9.96. The van der Waals surface area contributed by atoms with Crippen molar-refractivity contribution in [2.24, 2.45) is 0 Å². The molecule has 0 amide bonds. The molecule has 0 aliphatic heterocycles. The van der Waals surface area contributed by atoms with Crippen LogP contribution in [0.1, 0.15) is 0 Å². The molecule has 260 valence electrons. The van der Waals surface area contributed by atoms with Gasteiger partial charge in [-0.2, -0.15) is 0 Å². The molecule has 1 aromatic heterocycles. The summed E-state index contributed by atoms with van der Waals surface area (Å²) in [5, 5.41) is 11.8. The molecule has 3 heteroatoms. The Morgan fingerprint density at radius 1 is 0.214 bits per heavy atom. The Balaban J connectivity index is 1.10. The highest BCUT2D eigenvalue weighted by atomic mass is 15.0. The summed E-state index contributed by atoms with van der Waals surface area (Å²) in [7, 11) is 0. The van der Waals surface area contributed by atoms with E-state index in [1.54, 1.807) is 0 Å². The standard InChI is InChI=1S/C53H33N3/c1-2-12-34(13-3-1)37-24-25-40-31-38(26-27-39(40)30-37)36-16-10-17-42(32-36)51-54-52(49-23-11-22-46-43-18-6-4-14-35(43)28-29-48(46)49)56-53(55-51)50-33-41-15-5-7-19-44(41)45-20-8-9-21-47(45)50/h1-33H. The first-order valence-electron chi connectivity index (χ1n) is 19.0. The summed E-state index contributed by atoms with van der Waals surface area (Å²) in [6.07, 6.45) is 0. The molecule has 0 saturated carbocycles. The normalized spacial score (nSPS) is 11.6. The molecule has 0 atom stereocenters. The Morgan fingerprint density at radius 3 is 1.46 bits per heavy atom. The van der Waals surface area contributed by atoms with Gasteiger partial charge in [-0.25, -0.2) is 15.0 Å². The fraction of sp³-hybridized carbons (Fsp3) is 0. The van der Waals surface area contributed by atoms with E-state index < -0.39 is 0 Å². The summed E-state index contributed by atoms with van der Waals surface area (Å²) >= 11 is 0. The molecule has 11 aromatic rings. The minimum atomic E-state index is 0.634. The molecular weight excluding hydrogens is 679 g/mol. The Morgan fingerprint density at radius 2 is 0.696 bits per heavy atom. The predicted octanol–water partition coefficient (Wildman–Crippen LogP) is 14.0. The zero-order valence-corrected chi connectivity index (χ0v) is 30.4. The second kappa shape index (κ2) is 13.1. The second-order valence-corrected chi connectivity index (χ2v) is 14.4. The quantitative estimate of drug-likeness (QED) is 0.167. The van der Waals surface area contributed by atoms with Gasteiger partial charge in [-0.3, -0.25) is 0 Å². The van der Waals surface area contributed by atoms with Gasteiger partial charge in [0.15, 0.2) is 17.5 Å². The van der Waals surface area contributed by atoms with Crippen LogP contribution in [0.3, 0.4) is 0 Å². The van der Waals surface area contributed by atoms with E-state index in [-0.39, 0.29) is 0 Å². The molecule has 0 radical (unpaired) electrons. The van der Waals surface area contributed by atoms with Gasteiger partial charge in [0, 0.05) is 16.7 Å². The first-order valence-corrected chi connectivity index (χ1v) is 19.0. The van der Waals surface area contributed by atoms with E-state index in [9.17, 15) is 0 Å². The average molecular weight is 712 g/mol. The number of benzene rings is 10. The van der Waals surface area contributed by atoms with Gasteiger partial charge in [-0.15, -0.1) is 0 Å². The molecular formula is C53H33N3. The van der Waals surface area contributed by atoms with E-state index in [0.717, 1.165) is 44.0 Å². The van der Waals surface area contributed by atoms with Crippen LogP contribution in [0.2, 0.25) is 0 Å². The minimum Gasteiger partial charge on any atom is -0.208 e. The van der Waals surface area contributed by atoms with Crippen LogP contribution in [0.15, 0.2) is 200 Å². The molecule has 0 saturated heterocycles. The largest absolute Gasteiger partial charge is 0.208 e. The van der Waals surface area contributed by atoms with Gasteiger partial charge in [0.2, 0.25) is 0 Å². The van der Waals surface area contributed by atoms with Crippen molar-refractivity contribution in [3.63, 3.8) is 0 Å². The summed E-state index contributed by atoms with van der Waals surface area (Å²) in [5.74, 6) is 1.93. The van der Waals surface area contributed by atoms with E-state index in [0.29, 0.717) is 17.5 Å². The molecule has 11 rings (SSSR count). The molecule has 0 aliphatic carbocycles. The van der Waals surface area contributed by atoms with Crippen molar-refractivity contribution in [3.05, 3.63) is 200 Å². The van der Waals surface area contributed by atoms with E-state index in [1.165, 1.54) is 48.8 Å². The number of rotatable bonds is 5. The molecule has 56 heavy (non-hydrogen) atoms. The third kappa shape index (κ3) is 5.49. The molecule has 0 fully saturated rings. The smallest absolute Gasteiger partial charge is 0.164 e. The summed E-state index contributed by atoms with van der Waals surface area (Å²) in [4.78, 5) is 15.9. The van der Waals surface area contributed by atoms with Crippen LogP contribution < -0.4 is 0 Å². The Kier molecular flexibility index (Phi) is 7.49. The molecule has 3 nitrogen and oxygen atoms in total. The monoisotopic (exact) mass is 711 g/mol. The molecule has 0 aliphatic rings. The molecule has 10 aromatic carbocycles. The lowest BCUT2D eigenvalue weighted by Gasteiger charge is -2.14. The van der Waals surface area contributed by atoms with E-state index in [4.69, 9.17) is 15.0 Å². The maximum absolute atomic E-state index is 5.31. The van der Waals surface area contributed by atoms with Crippen molar-refractivity contribution in [3.8, 4) is 56.4 Å². The summed E-state index contributed by atoms with van der Waals surface area (Å²) in [6.45, 7) is 0. The molecule has 0 unspecified atom stereocenters. The predicted molar refractivity (Wildman–Crippen MR) is 235 cm³/mol. The van der Waals surface area contributed by atoms with E-state index in [2.05, 4.69) is 200 Å². The molecule has 1 heterocycles. The first kappa shape index (κ1) is 32.0. The topological polar surface area (TPSA) is 38.7 Å². The minimum absolute atomic E-state index is 0.634. The van der Waals surface area contributed by atoms with Gasteiger partial charge < -0.3 is 0 Å². The van der Waals surface area contributed by atoms with Crippen molar-refractivity contribution in [2.75, 3.05) is 0 Å². The van der Waals surface area contributed by atoms with Crippen LogP contribution >= 0.6 is 0 Å². The fourth-order valence-electron chi connectivity index (χ4n) is 8.29. The Labute approximate surface area is 324 Å². The van der Waals surface area contributed by atoms with Crippen molar-refractivity contribution in [1.82, 2.24) is 15.0 Å². The van der Waals surface area contributed by atoms with Crippen molar-refractivity contribution >= 4 is 53.9 Å². The van der Waals surface area contributed by atoms with Gasteiger partial charge in [0.05, 0.1) is 0 Å². The van der Waals surface area contributed by atoms with Crippen LogP contribution in [0.5, 0.6) is 0 Å². The maximum Gasteiger partial charge on any atom is 0.164 e. The van der Waals surface area contributed by atoms with Crippen LogP contribution in [0.4, 0.5) is 0 Å². The SMILES string of the molecule is c1ccc(-c2ccc3cc(-c4cccc(-c5nc(-c6cccc7c6ccc6ccccc67)nc(-c6cc7ccccc7c7ccccc67)n5)c4)ccc3c2)cc1. The van der Waals surface area contributed by atoms with E-state index >= 15 is 0 Å². The van der Waals surface area contributed by atoms with Crippen molar-refractivity contribution < 1.29 is 0 Å². The van der Waals surface area contributed by atoms with Crippen molar-refractivity contribution in [1.29, 1.82) is 0 Å². The van der Waals surface area contributed by atoms with Gasteiger partial charge in [-0.1, -0.05) is 176 Å². The zero-order chi connectivity index (χ0) is 37.0. The average Bonchev–Trinajstić information content (AvgIpc) is 3.28. The summed E-state index contributed by atoms with van der Waals surface area (Å²) in [6, 6.07) is 71.2.